The zero-order chi connectivity index (χ0) is 17.4. The van der Waals surface area contributed by atoms with Gasteiger partial charge in [0.25, 0.3) is 0 Å². The fourth-order valence-corrected chi connectivity index (χ4v) is 2.53. The summed E-state index contributed by atoms with van der Waals surface area (Å²) in [5.74, 6) is 6.31. The number of aryl methyl sites for hydroxylation is 3. The second-order valence-corrected chi connectivity index (χ2v) is 5.81. The normalized spacial score (nSPS) is 9.79. The highest BCUT2D eigenvalue weighted by Gasteiger charge is 2.02. The van der Waals surface area contributed by atoms with E-state index in [0.29, 0.717) is 13.0 Å². The minimum Gasteiger partial charge on any atom is -0.445 e. The number of ether oxygens (including phenoxy) is 1. The van der Waals surface area contributed by atoms with Crippen LogP contribution in [0.5, 0.6) is 0 Å². The van der Waals surface area contributed by atoms with E-state index in [1.165, 1.54) is 16.7 Å². The minimum atomic E-state index is -0.414. The van der Waals surface area contributed by atoms with Crippen LogP contribution < -0.4 is 5.32 Å². The Kier molecular flexibility index (Phi) is 6.45. The van der Waals surface area contributed by atoms with E-state index >= 15 is 0 Å². The molecular weight excluding hydrogens is 298 g/mol. The van der Waals surface area contributed by atoms with Gasteiger partial charge in [-0.2, -0.15) is 0 Å². The monoisotopic (exact) mass is 321 g/mol. The van der Waals surface area contributed by atoms with Gasteiger partial charge in [-0.3, -0.25) is 0 Å². The van der Waals surface area contributed by atoms with E-state index in [-0.39, 0.29) is 6.61 Å². The maximum absolute atomic E-state index is 11.6. The topological polar surface area (TPSA) is 38.3 Å². The molecule has 0 unspecified atom stereocenters. The number of hydrogen-bond donors (Lipinski definition) is 1. The van der Waals surface area contributed by atoms with Crippen LogP contribution in [0.25, 0.3) is 0 Å². The van der Waals surface area contributed by atoms with Crippen molar-refractivity contribution in [1.29, 1.82) is 0 Å². The number of nitrogens with one attached hydrogen (secondary N) is 1. The number of hydrogen-bond acceptors (Lipinski definition) is 2. The summed E-state index contributed by atoms with van der Waals surface area (Å²) in [5.41, 5.74) is 5.67. The van der Waals surface area contributed by atoms with E-state index in [1.807, 2.05) is 30.3 Å². The molecule has 0 saturated heterocycles. The van der Waals surface area contributed by atoms with Crippen molar-refractivity contribution in [2.45, 2.75) is 33.8 Å². The quantitative estimate of drug-likeness (QED) is 0.674. The molecule has 0 atom stereocenters. The third kappa shape index (κ3) is 5.48. The number of carbonyl (C=O) groups is 1. The molecule has 2 aromatic carbocycles. The van der Waals surface area contributed by atoms with Crippen LogP contribution in [0.3, 0.4) is 0 Å². The van der Waals surface area contributed by atoms with Gasteiger partial charge in [0.15, 0.2) is 0 Å². The first-order chi connectivity index (χ1) is 11.6. The number of carbonyl (C=O) groups excluding carboxylic acids is 1. The standard InChI is InChI=1S/C21H23NO2/c1-16-13-17(2)20(18(3)14-16)11-7-8-12-22-21(23)24-15-19-9-5-4-6-10-19/h4-6,9-10,13-14H,8,12,15H2,1-3H3,(H,22,23). The van der Waals surface area contributed by atoms with Crippen LogP contribution in [0, 0.1) is 32.6 Å². The van der Waals surface area contributed by atoms with Crippen LogP contribution in [-0.4, -0.2) is 12.6 Å². The summed E-state index contributed by atoms with van der Waals surface area (Å²) in [6.07, 6.45) is 0.177. The molecule has 0 heterocycles. The van der Waals surface area contributed by atoms with Gasteiger partial charge in [-0.25, -0.2) is 4.79 Å². The molecule has 3 heteroatoms. The third-order valence-corrected chi connectivity index (χ3v) is 3.62. The van der Waals surface area contributed by atoms with E-state index in [1.54, 1.807) is 0 Å². The minimum absolute atomic E-state index is 0.278. The van der Waals surface area contributed by atoms with Crippen LogP contribution in [0.15, 0.2) is 42.5 Å². The molecule has 0 aliphatic rings. The molecule has 0 spiro atoms. The van der Waals surface area contributed by atoms with Crippen molar-refractivity contribution in [3.63, 3.8) is 0 Å². The summed E-state index contributed by atoms with van der Waals surface area (Å²) in [6, 6.07) is 13.9. The molecule has 0 saturated carbocycles. The average Bonchev–Trinajstić information content (AvgIpc) is 2.55. The molecule has 124 valence electrons. The van der Waals surface area contributed by atoms with Crippen molar-refractivity contribution < 1.29 is 9.53 Å². The van der Waals surface area contributed by atoms with Crippen molar-refractivity contribution in [1.82, 2.24) is 5.32 Å². The molecule has 0 aromatic heterocycles. The SMILES string of the molecule is Cc1cc(C)c(C#CCCNC(=O)OCc2ccccc2)c(C)c1. The maximum Gasteiger partial charge on any atom is 0.407 e. The molecule has 1 N–H and O–H groups in total. The fourth-order valence-electron chi connectivity index (χ4n) is 2.53. The highest BCUT2D eigenvalue weighted by molar-refractivity contribution is 5.67. The van der Waals surface area contributed by atoms with Crippen LogP contribution in [0.4, 0.5) is 4.79 Å². The van der Waals surface area contributed by atoms with Gasteiger partial charge < -0.3 is 10.1 Å². The Hall–Kier alpha value is -2.73. The largest absolute Gasteiger partial charge is 0.445 e. The fraction of sp³-hybridized carbons (Fsp3) is 0.286. The molecule has 0 aliphatic heterocycles. The van der Waals surface area contributed by atoms with Gasteiger partial charge in [-0.05, 0) is 37.5 Å². The molecule has 0 aliphatic carbocycles. The number of rotatable bonds is 4. The predicted molar refractivity (Wildman–Crippen MR) is 96.8 cm³/mol. The zero-order valence-corrected chi connectivity index (χ0v) is 14.5. The van der Waals surface area contributed by atoms with Crippen molar-refractivity contribution >= 4 is 6.09 Å². The molecule has 3 nitrogen and oxygen atoms in total. The molecular formula is C21H23NO2. The summed E-state index contributed by atoms with van der Waals surface area (Å²) < 4.78 is 5.15. The lowest BCUT2D eigenvalue weighted by Gasteiger charge is -2.06. The van der Waals surface area contributed by atoms with E-state index < -0.39 is 6.09 Å². The van der Waals surface area contributed by atoms with E-state index in [0.717, 1.165) is 11.1 Å². The first-order valence-corrected chi connectivity index (χ1v) is 8.07. The summed E-state index contributed by atoms with van der Waals surface area (Å²) >= 11 is 0. The first kappa shape index (κ1) is 17.6. The summed E-state index contributed by atoms with van der Waals surface area (Å²) in [5, 5.41) is 2.71. The summed E-state index contributed by atoms with van der Waals surface area (Å²) in [4.78, 5) is 11.6. The highest BCUT2D eigenvalue weighted by atomic mass is 16.5. The molecule has 24 heavy (non-hydrogen) atoms. The zero-order valence-electron chi connectivity index (χ0n) is 14.5. The van der Waals surface area contributed by atoms with Crippen molar-refractivity contribution in [3.05, 3.63) is 70.3 Å². The highest BCUT2D eigenvalue weighted by Crippen LogP contribution is 2.14. The van der Waals surface area contributed by atoms with Gasteiger partial charge in [0.2, 0.25) is 0 Å². The lowest BCUT2D eigenvalue weighted by molar-refractivity contribution is 0.140. The van der Waals surface area contributed by atoms with Gasteiger partial charge in [-0.15, -0.1) is 0 Å². The lowest BCUT2D eigenvalue weighted by Crippen LogP contribution is -2.24. The van der Waals surface area contributed by atoms with Crippen LogP contribution >= 0.6 is 0 Å². The molecule has 2 aromatic rings. The predicted octanol–water partition coefficient (Wildman–Crippen LogP) is 4.28. The van der Waals surface area contributed by atoms with Crippen molar-refractivity contribution in [3.8, 4) is 11.8 Å². The second-order valence-electron chi connectivity index (χ2n) is 5.81. The Bertz CT molecular complexity index is 731. The van der Waals surface area contributed by atoms with Crippen molar-refractivity contribution in [2.24, 2.45) is 0 Å². The Morgan fingerprint density at radius 3 is 2.42 bits per heavy atom. The van der Waals surface area contributed by atoms with Crippen LogP contribution in [0.2, 0.25) is 0 Å². The van der Waals surface area contributed by atoms with Crippen LogP contribution in [-0.2, 0) is 11.3 Å². The van der Waals surface area contributed by atoms with E-state index in [2.05, 4.69) is 50.1 Å². The van der Waals surface area contributed by atoms with Gasteiger partial charge in [0.05, 0.1) is 0 Å². The van der Waals surface area contributed by atoms with Gasteiger partial charge in [0.1, 0.15) is 6.61 Å². The summed E-state index contributed by atoms with van der Waals surface area (Å²) in [6.45, 7) is 6.99. The molecule has 0 radical (unpaired) electrons. The van der Waals surface area contributed by atoms with E-state index in [4.69, 9.17) is 4.74 Å². The Balaban J connectivity index is 1.74. The molecule has 2 rings (SSSR count). The Labute approximate surface area is 144 Å². The smallest absolute Gasteiger partial charge is 0.407 e. The maximum atomic E-state index is 11.6. The Morgan fingerprint density at radius 1 is 1.08 bits per heavy atom. The molecule has 1 amide bonds. The van der Waals surface area contributed by atoms with Gasteiger partial charge >= 0.3 is 6.09 Å². The second kappa shape index (κ2) is 8.79. The third-order valence-electron chi connectivity index (χ3n) is 3.62. The van der Waals surface area contributed by atoms with Gasteiger partial charge in [0, 0.05) is 18.5 Å². The van der Waals surface area contributed by atoms with Crippen LogP contribution in [0.1, 0.15) is 34.2 Å². The first-order valence-electron chi connectivity index (χ1n) is 8.07. The Morgan fingerprint density at radius 2 is 1.75 bits per heavy atom. The average molecular weight is 321 g/mol. The number of amides is 1. The van der Waals surface area contributed by atoms with Crippen molar-refractivity contribution in [2.75, 3.05) is 6.54 Å². The number of benzene rings is 2. The lowest BCUT2D eigenvalue weighted by atomic mass is 10.0. The summed E-state index contributed by atoms with van der Waals surface area (Å²) in [7, 11) is 0. The van der Waals surface area contributed by atoms with Gasteiger partial charge in [-0.1, -0.05) is 59.9 Å². The number of alkyl carbamates (subject to hydrolysis) is 1. The molecule has 0 bridgehead atoms. The molecule has 0 fully saturated rings. The van der Waals surface area contributed by atoms with E-state index in [9.17, 15) is 4.79 Å².